The quantitative estimate of drug-likeness (QED) is 0.752. The molecule has 0 heterocycles. The average Bonchev–Trinajstić information content (AvgIpc) is 2.38. The van der Waals surface area contributed by atoms with Crippen LogP contribution >= 0.6 is 11.8 Å². The fraction of sp³-hybridized carbons (Fsp3) is 0.143. The molecule has 0 atom stereocenters. The van der Waals surface area contributed by atoms with Crippen LogP contribution in [0.2, 0.25) is 0 Å². The van der Waals surface area contributed by atoms with Gasteiger partial charge in [0, 0.05) is 4.90 Å². The number of hydrogen-bond acceptors (Lipinski definition) is 2. The minimum Gasteiger partial charge on any atom is -0.486 e. The smallest absolute Gasteiger partial charge is 0.166 e. The van der Waals surface area contributed by atoms with Gasteiger partial charge in [-0.2, -0.15) is 0 Å². The van der Waals surface area contributed by atoms with Crippen LogP contribution in [-0.4, -0.2) is 6.26 Å². The van der Waals surface area contributed by atoms with E-state index in [0.29, 0.717) is 12.4 Å². The molecule has 0 N–H and O–H groups in total. The maximum absolute atomic E-state index is 13.6. The SMILES string of the molecule is CSc1ccc(OCc2ccccc2)c(F)c1. The molecule has 0 aromatic heterocycles. The minimum absolute atomic E-state index is 0.298. The van der Waals surface area contributed by atoms with Crippen LogP contribution in [0.4, 0.5) is 4.39 Å². The van der Waals surface area contributed by atoms with Crippen LogP contribution in [0.25, 0.3) is 0 Å². The lowest BCUT2D eigenvalue weighted by Crippen LogP contribution is -1.97. The van der Waals surface area contributed by atoms with Crippen molar-refractivity contribution in [1.82, 2.24) is 0 Å². The highest BCUT2D eigenvalue weighted by molar-refractivity contribution is 7.98. The zero-order valence-corrected chi connectivity index (χ0v) is 10.3. The van der Waals surface area contributed by atoms with Crippen molar-refractivity contribution in [2.75, 3.05) is 6.26 Å². The van der Waals surface area contributed by atoms with Crippen LogP contribution in [-0.2, 0) is 6.61 Å². The summed E-state index contributed by atoms with van der Waals surface area (Å²) in [4.78, 5) is 0.898. The van der Waals surface area contributed by atoms with Gasteiger partial charge in [0.2, 0.25) is 0 Å². The first-order valence-corrected chi connectivity index (χ1v) is 6.52. The molecule has 0 radical (unpaired) electrons. The molecular weight excluding hydrogens is 235 g/mol. The summed E-state index contributed by atoms with van der Waals surface area (Å²) in [7, 11) is 0. The Balaban J connectivity index is 2.04. The summed E-state index contributed by atoms with van der Waals surface area (Å²) < 4.78 is 19.0. The number of thioether (sulfide) groups is 1. The molecule has 0 amide bonds. The van der Waals surface area contributed by atoms with Gasteiger partial charge < -0.3 is 4.74 Å². The molecule has 0 aliphatic carbocycles. The summed E-state index contributed by atoms with van der Waals surface area (Å²) in [5.41, 5.74) is 1.03. The van der Waals surface area contributed by atoms with E-state index in [4.69, 9.17) is 4.74 Å². The van der Waals surface area contributed by atoms with E-state index in [1.807, 2.05) is 42.7 Å². The van der Waals surface area contributed by atoms with Gasteiger partial charge in [0.25, 0.3) is 0 Å². The average molecular weight is 248 g/mol. The van der Waals surface area contributed by atoms with Gasteiger partial charge in [-0.3, -0.25) is 0 Å². The fourth-order valence-electron chi connectivity index (χ4n) is 1.46. The van der Waals surface area contributed by atoms with Crippen LogP contribution < -0.4 is 4.74 Å². The van der Waals surface area contributed by atoms with Crippen molar-refractivity contribution in [3.05, 3.63) is 59.9 Å². The van der Waals surface area contributed by atoms with Gasteiger partial charge in [-0.15, -0.1) is 11.8 Å². The van der Waals surface area contributed by atoms with Crippen LogP contribution in [0.1, 0.15) is 5.56 Å². The summed E-state index contributed by atoms with van der Waals surface area (Å²) in [6.07, 6.45) is 1.92. The van der Waals surface area contributed by atoms with Crippen molar-refractivity contribution < 1.29 is 9.13 Å². The molecule has 1 nitrogen and oxygen atoms in total. The van der Waals surface area contributed by atoms with Crippen LogP contribution in [0.15, 0.2) is 53.4 Å². The Morgan fingerprint density at radius 1 is 1.12 bits per heavy atom. The predicted molar refractivity (Wildman–Crippen MR) is 69.0 cm³/mol. The van der Waals surface area contributed by atoms with Crippen molar-refractivity contribution in [3.63, 3.8) is 0 Å². The van der Waals surface area contributed by atoms with Gasteiger partial charge in [-0.1, -0.05) is 30.3 Å². The van der Waals surface area contributed by atoms with Crippen molar-refractivity contribution in [1.29, 1.82) is 0 Å². The zero-order valence-electron chi connectivity index (χ0n) is 9.52. The molecule has 0 saturated carbocycles. The molecule has 0 fully saturated rings. The second kappa shape index (κ2) is 5.73. The third-order valence-corrected chi connectivity index (χ3v) is 3.10. The lowest BCUT2D eigenvalue weighted by Gasteiger charge is -2.08. The summed E-state index contributed by atoms with van der Waals surface area (Å²) in [5, 5.41) is 0. The largest absolute Gasteiger partial charge is 0.486 e. The topological polar surface area (TPSA) is 9.23 Å². The molecule has 17 heavy (non-hydrogen) atoms. The minimum atomic E-state index is -0.312. The third-order valence-electron chi connectivity index (χ3n) is 2.38. The van der Waals surface area contributed by atoms with Gasteiger partial charge >= 0.3 is 0 Å². The number of halogens is 1. The molecule has 0 aliphatic heterocycles. The van der Waals surface area contributed by atoms with E-state index >= 15 is 0 Å². The molecular formula is C14H13FOS. The summed E-state index contributed by atoms with van der Waals surface area (Å²) in [6, 6.07) is 14.7. The lowest BCUT2D eigenvalue weighted by atomic mass is 10.2. The fourth-order valence-corrected chi connectivity index (χ4v) is 1.89. The molecule has 0 bridgehead atoms. The van der Waals surface area contributed by atoms with Gasteiger partial charge in [-0.05, 0) is 30.0 Å². The zero-order chi connectivity index (χ0) is 12.1. The molecule has 2 aromatic rings. The van der Waals surface area contributed by atoms with Gasteiger partial charge in [0.05, 0.1) is 0 Å². The highest BCUT2D eigenvalue weighted by Crippen LogP contribution is 2.24. The summed E-state index contributed by atoms with van der Waals surface area (Å²) in [5.74, 6) is -0.0144. The number of benzene rings is 2. The first-order chi connectivity index (χ1) is 8.29. The first kappa shape index (κ1) is 12.0. The molecule has 88 valence electrons. The van der Waals surface area contributed by atoms with Gasteiger partial charge in [-0.25, -0.2) is 4.39 Å². The Morgan fingerprint density at radius 2 is 1.88 bits per heavy atom. The van der Waals surface area contributed by atoms with Crippen molar-refractivity contribution in [2.24, 2.45) is 0 Å². The van der Waals surface area contributed by atoms with E-state index in [2.05, 4.69) is 0 Å². The Morgan fingerprint density at radius 3 is 2.53 bits per heavy atom. The summed E-state index contributed by atoms with van der Waals surface area (Å²) in [6.45, 7) is 0.385. The highest BCUT2D eigenvalue weighted by Gasteiger charge is 2.04. The van der Waals surface area contributed by atoms with Crippen LogP contribution in [0.5, 0.6) is 5.75 Å². The standard InChI is InChI=1S/C14H13FOS/c1-17-12-7-8-14(13(15)9-12)16-10-11-5-3-2-4-6-11/h2-9H,10H2,1H3. The van der Waals surface area contributed by atoms with Crippen molar-refractivity contribution >= 4 is 11.8 Å². The van der Waals surface area contributed by atoms with E-state index in [0.717, 1.165) is 10.5 Å². The first-order valence-electron chi connectivity index (χ1n) is 5.30. The number of rotatable bonds is 4. The predicted octanol–water partition coefficient (Wildman–Crippen LogP) is 4.13. The normalized spacial score (nSPS) is 10.2. The van der Waals surface area contributed by atoms with E-state index in [9.17, 15) is 4.39 Å². The maximum Gasteiger partial charge on any atom is 0.166 e. The second-order valence-corrected chi connectivity index (χ2v) is 4.45. The monoisotopic (exact) mass is 248 g/mol. The second-order valence-electron chi connectivity index (χ2n) is 3.57. The van der Waals surface area contributed by atoms with Gasteiger partial charge in [0.15, 0.2) is 11.6 Å². The summed E-state index contributed by atoms with van der Waals surface area (Å²) >= 11 is 1.51. The Labute approximate surface area is 105 Å². The van der Waals surface area contributed by atoms with Crippen molar-refractivity contribution in [2.45, 2.75) is 11.5 Å². The number of ether oxygens (including phenoxy) is 1. The molecule has 2 aromatic carbocycles. The molecule has 0 saturated heterocycles. The Bertz CT molecular complexity index is 485. The van der Waals surface area contributed by atoms with E-state index in [1.165, 1.54) is 17.8 Å². The molecule has 0 unspecified atom stereocenters. The molecule has 0 aliphatic rings. The molecule has 3 heteroatoms. The van der Waals surface area contributed by atoms with Crippen molar-refractivity contribution in [3.8, 4) is 5.75 Å². The molecule has 2 rings (SSSR count). The number of hydrogen-bond donors (Lipinski definition) is 0. The van der Waals surface area contributed by atoms with Crippen LogP contribution in [0, 0.1) is 5.82 Å². The van der Waals surface area contributed by atoms with E-state index in [-0.39, 0.29) is 5.82 Å². The maximum atomic E-state index is 13.6. The molecule has 0 spiro atoms. The van der Waals surface area contributed by atoms with E-state index in [1.54, 1.807) is 6.07 Å². The lowest BCUT2D eigenvalue weighted by molar-refractivity contribution is 0.290. The van der Waals surface area contributed by atoms with Crippen LogP contribution in [0.3, 0.4) is 0 Å². The Kier molecular flexibility index (Phi) is 4.04. The van der Waals surface area contributed by atoms with E-state index < -0.39 is 0 Å². The Hall–Kier alpha value is -1.48. The van der Waals surface area contributed by atoms with Gasteiger partial charge in [0.1, 0.15) is 6.61 Å². The third kappa shape index (κ3) is 3.24. The highest BCUT2D eigenvalue weighted by atomic mass is 32.2.